The largest absolute Gasteiger partial charge is 0.405 e. The molecule has 3 rings (SSSR count). The molecular weight excluding hydrogens is 308 g/mol. The first-order chi connectivity index (χ1) is 10.9. The van der Waals surface area contributed by atoms with Crippen molar-refractivity contribution in [2.75, 3.05) is 11.9 Å². The Morgan fingerprint density at radius 1 is 0.957 bits per heavy atom. The van der Waals surface area contributed by atoms with Gasteiger partial charge < -0.3 is 5.32 Å². The Morgan fingerprint density at radius 3 is 2.35 bits per heavy atom. The van der Waals surface area contributed by atoms with Crippen LogP contribution in [0.1, 0.15) is 0 Å². The van der Waals surface area contributed by atoms with E-state index in [1.165, 1.54) is 24.3 Å². The number of halogens is 4. The van der Waals surface area contributed by atoms with Gasteiger partial charge in [0.25, 0.3) is 0 Å². The molecule has 0 bridgehead atoms. The minimum Gasteiger partial charge on any atom is -0.375 e. The fourth-order valence-electron chi connectivity index (χ4n) is 2.27. The number of pyridine rings is 1. The van der Waals surface area contributed by atoms with Crippen LogP contribution in [0.15, 0.2) is 54.6 Å². The van der Waals surface area contributed by atoms with E-state index in [4.69, 9.17) is 0 Å². The van der Waals surface area contributed by atoms with Crippen LogP contribution in [0.2, 0.25) is 0 Å². The van der Waals surface area contributed by atoms with E-state index < -0.39 is 18.5 Å². The molecule has 23 heavy (non-hydrogen) atoms. The van der Waals surface area contributed by atoms with Gasteiger partial charge in [-0.2, -0.15) is 13.2 Å². The van der Waals surface area contributed by atoms with Gasteiger partial charge in [0.15, 0.2) is 0 Å². The number of rotatable bonds is 3. The molecule has 3 aromatic rings. The molecule has 0 amide bonds. The lowest BCUT2D eigenvalue weighted by molar-refractivity contribution is -0.115. The van der Waals surface area contributed by atoms with Crippen molar-refractivity contribution in [1.29, 1.82) is 0 Å². The number of nitrogens with zero attached hydrogens (tertiary/aromatic N) is 1. The molecule has 0 aliphatic carbocycles. The Kier molecular flexibility index (Phi) is 3.90. The number of hydrogen-bond acceptors (Lipinski definition) is 2. The normalized spacial score (nSPS) is 11.7. The molecule has 0 spiro atoms. The summed E-state index contributed by atoms with van der Waals surface area (Å²) >= 11 is 0. The van der Waals surface area contributed by atoms with Crippen molar-refractivity contribution >= 4 is 16.6 Å². The van der Waals surface area contributed by atoms with Crippen LogP contribution in [-0.4, -0.2) is 17.7 Å². The summed E-state index contributed by atoms with van der Waals surface area (Å²) in [6, 6.07) is 14.2. The monoisotopic (exact) mass is 320 g/mol. The molecular formula is C17H12F4N2. The third kappa shape index (κ3) is 3.59. The van der Waals surface area contributed by atoms with Gasteiger partial charge in [-0.3, -0.25) is 0 Å². The van der Waals surface area contributed by atoms with Crippen molar-refractivity contribution in [2.24, 2.45) is 0 Å². The van der Waals surface area contributed by atoms with E-state index in [9.17, 15) is 17.6 Å². The predicted octanol–water partition coefficient (Wildman–Crippen LogP) is 5.02. The van der Waals surface area contributed by atoms with Crippen LogP contribution < -0.4 is 5.32 Å². The second-order valence-corrected chi connectivity index (χ2v) is 5.05. The zero-order valence-electron chi connectivity index (χ0n) is 11.9. The van der Waals surface area contributed by atoms with Gasteiger partial charge in [0.05, 0.1) is 16.9 Å². The van der Waals surface area contributed by atoms with Gasteiger partial charge in [0.1, 0.15) is 12.4 Å². The van der Waals surface area contributed by atoms with E-state index in [2.05, 4.69) is 10.3 Å². The first-order valence-electron chi connectivity index (χ1n) is 6.89. The predicted molar refractivity (Wildman–Crippen MR) is 81.7 cm³/mol. The van der Waals surface area contributed by atoms with Gasteiger partial charge in [0, 0.05) is 10.9 Å². The molecule has 0 saturated heterocycles. The number of para-hydroxylation sites is 1. The van der Waals surface area contributed by atoms with E-state index in [-0.39, 0.29) is 5.69 Å². The average Bonchev–Trinajstić information content (AvgIpc) is 2.52. The number of aromatic nitrogens is 1. The number of nitrogens with one attached hydrogen (secondary N) is 1. The van der Waals surface area contributed by atoms with Gasteiger partial charge in [-0.15, -0.1) is 0 Å². The Hall–Kier alpha value is -2.63. The van der Waals surface area contributed by atoms with Crippen LogP contribution in [0.25, 0.3) is 22.2 Å². The second-order valence-electron chi connectivity index (χ2n) is 5.05. The van der Waals surface area contributed by atoms with E-state index in [1.807, 2.05) is 0 Å². The summed E-state index contributed by atoms with van der Waals surface area (Å²) in [5.74, 6) is -0.417. The molecule has 0 unspecified atom stereocenters. The second kappa shape index (κ2) is 5.87. The maximum absolute atomic E-state index is 13.1. The number of anilines is 1. The van der Waals surface area contributed by atoms with Crippen LogP contribution >= 0.6 is 0 Å². The first kappa shape index (κ1) is 15.3. The molecule has 0 radical (unpaired) electrons. The molecule has 1 N–H and O–H groups in total. The summed E-state index contributed by atoms with van der Waals surface area (Å²) in [6.45, 7) is -1.17. The topological polar surface area (TPSA) is 24.9 Å². The van der Waals surface area contributed by atoms with Gasteiger partial charge in [-0.05, 0) is 36.4 Å². The van der Waals surface area contributed by atoms with E-state index >= 15 is 0 Å². The lowest BCUT2D eigenvalue weighted by Crippen LogP contribution is -2.21. The number of benzene rings is 2. The minimum atomic E-state index is -4.34. The van der Waals surface area contributed by atoms with Crippen molar-refractivity contribution in [3.63, 3.8) is 0 Å². The Morgan fingerprint density at radius 2 is 1.65 bits per heavy atom. The SMILES string of the molecule is Fc1ccc(-c2nc3ccccc3cc2NCC(F)(F)F)cc1. The fraction of sp³-hybridized carbons (Fsp3) is 0.118. The highest BCUT2D eigenvalue weighted by atomic mass is 19.4. The summed E-state index contributed by atoms with van der Waals surface area (Å²) in [6.07, 6.45) is -4.34. The zero-order chi connectivity index (χ0) is 16.4. The van der Waals surface area contributed by atoms with Gasteiger partial charge in [-0.25, -0.2) is 9.37 Å². The van der Waals surface area contributed by atoms with Crippen molar-refractivity contribution in [1.82, 2.24) is 4.98 Å². The van der Waals surface area contributed by atoms with E-state index in [0.29, 0.717) is 16.8 Å². The molecule has 118 valence electrons. The van der Waals surface area contributed by atoms with E-state index in [1.54, 1.807) is 30.3 Å². The highest BCUT2D eigenvalue weighted by Gasteiger charge is 2.27. The van der Waals surface area contributed by atoms with Crippen molar-refractivity contribution in [2.45, 2.75) is 6.18 Å². The Labute approximate surface area is 129 Å². The fourth-order valence-corrected chi connectivity index (χ4v) is 2.27. The smallest absolute Gasteiger partial charge is 0.375 e. The van der Waals surface area contributed by atoms with Crippen LogP contribution in [0.5, 0.6) is 0 Å². The molecule has 2 aromatic carbocycles. The molecule has 6 heteroatoms. The number of alkyl halides is 3. The summed E-state index contributed by atoms with van der Waals surface area (Å²) < 4.78 is 50.6. The van der Waals surface area contributed by atoms with Crippen LogP contribution in [0, 0.1) is 5.82 Å². The highest BCUT2D eigenvalue weighted by molar-refractivity contribution is 5.88. The Bertz CT molecular complexity index is 826. The maximum Gasteiger partial charge on any atom is 0.405 e. The van der Waals surface area contributed by atoms with Crippen molar-refractivity contribution in [3.05, 3.63) is 60.4 Å². The van der Waals surface area contributed by atoms with Crippen molar-refractivity contribution in [3.8, 4) is 11.3 Å². The first-order valence-corrected chi connectivity index (χ1v) is 6.89. The summed E-state index contributed by atoms with van der Waals surface area (Å²) in [5, 5.41) is 3.10. The van der Waals surface area contributed by atoms with E-state index in [0.717, 1.165) is 5.39 Å². The van der Waals surface area contributed by atoms with Crippen LogP contribution in [0.3, 0.4) is 0 Å². The third-order valence-electron chi connectivity index (χ3n) is 3.32. The lowest BCUT2D eigenvalue weighted by atomic mass is 10.1. The third-order valence-corrected chi connectivity index (χ3v) is 3.32. The lowest BCUT2D eigenvalue weighted by Gasteiger charge is -2.14. The zero-order valence-corrected chi connectivity index (χ0v) is 11.9. The molecule has 0 saturated carbocycles. The number of fused-ring (bicyclic) bond motifs is 1. The van der Waals surface area contributed by atoms with Crippen LogP contribution in [-0.2, 0) is 0 Å². The standard InChI is InChI=1S/C17H12F4N2/c18-13-7-5-11(6-8-13)16-15(22-10-17(19,20)21)9-12-3-1-2-4-14(12)23-16/h1-9,22H,10H2. The van der Waals surface area contributed by atoms with Gasteiger partial charge in [-0.1, -0.05) is 18.2 Å². The molecule has 0 atom stereocenters. The Balaban J connectivity index is 2.10. The summed E-state index contributed by atoms with van der Waals surface area (Å²) in [4.78, 5) is 4.42. The quantitative estimate of drug-likeness (QED) is 0.686. The molecule has 2 nitrogen and oxygen atoms in total. The van der Waals surface area contributed by atoms with Gasteiger partial charge in [0.2, 0.25) is 0 Å². The molecule has 0 aliphatic heterocycles. The molecule has 0 fully saturated rings. The number of hydrogen-bond donors (Lipinski definition) is 1. The molecule has 0 aliphatic rings. The molecule has 1 heterocycles. The maximum atomic E-state index is 13.1. The summed E-state index contributed by atoms with van der Waals surface area (Å²) in [5.41, 5.74) is 1.81. The molecule has 1 aromatic heterocycles. The average molecular weight is 320 g/mol. The van der Waals surface area contributed by atoms with Gasteiger partial charge >= 0.3 is 6.18 Å². The highest BCUT2D eigenvalue weighted by Crippen LogP contribution is 2.30. The van der Waals surface area contributed by atoms with Crippen molar-refractivity contribution < 1.29 is 17.6 Å². The van der Waals surface area contributed by atoms with Crippen LogP contribution in [0.4, 0.5) is 23.2 Å². The minimum absolute atomic E-state index is 0.257. The summed E-state index contributed by atoms with van der Waals surface area (Å²) in [7, 11) is 0.